The van der Waals surface area contributed by atoms with E-state index in [0.717, 1.165) is 36.3 Å². The first-order valence-electron chi connectivity index (χ1n) is 7.90. The summed E-state index contributed by atoms with van der Waals surface area (Å²) in [6, 6.07) is 0.401. The lowest BCUT2D eigenvalue weighted by Gasteiger charge is -2.18. The number of halogens is 1. The molecule has 1 rings (SSSR count). The smallest absolute Gasteiger partial charge is 0.216 e. The number of aromatic nitrogens is 1. The number of nitrogens with zero attached hydrogens (tertiary/aromatic N) is 2. The Morgan fingerprint density at radius 3 is 2.41 bits per heavy atom. The third-order valence-corrected chi connectivity index (χ3v) is 3.35. The number of hydrogen-bond acceptors (Lipinski definition) is 3. The third-order valence-electron chi connectivity index (χ3n) is 3.35. The summed E-state index contributed by atoms with van der Waals surface area (Å²) in [4.78, 5) is 8.90. The predicted octanol–water partition coefficient (Wildman–Crippen LogP) is 3.79. The van der Waals surface area contributed by atoms with E-state index in [-0.39, 0.29) is 24.0 Å². The van der Waals surface area contributed by atoms with Crippen LogP contribution in [-0.2, 0) is 6.54 Å². The average molecular weight is 422 g/mol. The van der Waals surface area contributed by atoms with Crippen LogP contribution >= 0.6 is 24.0 Å². The van der Waals surface area contributed by atoms with Gasteiger partial charge < -0.3 is 15.1 Å². The molecule has 1 unspecified atom stereocenters. The molecule has 22 heavy (non-hydrogen) atoms. The van der Waals surface area contributed by atoms with Crippen LogP contribution in [0.2, 0.25) is 0 Å². The number of nitrogens with one attached hydrogen (secondary N) is 2. The maximum atomic E-state index is 5.55. The van der Waals surface area contributed by atoms with E-state index in [0.29, 0.717) is 18.5 Å². The van der Waals surface area contributed by atoms with Gasteiger partial charge in [0.2, 0.25) is 5.89 Å². The molecular weight excluding hydrogens is 391 g/mol. The maximum Gasteiger partial charge on any atom is 0.216 e. The van der Waals surface area contributed by atoms with E-state index < -0.39 is 0 Å². The Morgan fingerprint density at radius 1 is 1.23 bits per heavy atom. The highest BCUT2D eigenvalue weighted by Gasteiger charge is 2.08. The fourth-order valence-corrected chi connectivity index (χ4v) is 1.96. The number of guanidine groups is 1. The van der Waals surface area contributed by atoms with E-state index in [2.05, 4.69) is 48.3 Å². The Labute approximate surface area is 151 Å². The molecular formula is C16H31IN4O. The molecule has 0 aromatic carbocycles. The second-order valence-corrected chi connectivity index (χ2v) is 5.96. The molecule has 0 aliphatic carbocycles. The van der Waals surface area contributed by atoms with Crippen LogP contribution in [0.1, 0.15) is 57.9 Å². The SMILES string of the molecule is CCNC(=NCc1nc(C)c(C)o1)NC(C)CCC(C)C.I. The zero-order valence-electron chi connectivity index (χ0n) is 14.7. The van der Waals surface area contributed by atoms with E-state index >= 15 is 0 Å². The van der Waals surface area contributed by atoms with Crippen molar-refractivity contribution < 1.29 is 4.42 Å². The van der Waals surface area contributed by atoms with Crippen LogP contribution in [0.25, 0.3) is 0 Å². The third kappa shape index (κ3) is 8.00. The number of aliphatic imine (C=N–C) groups is 1. The van der Waals surface area contributed by atoms with Crippen LogP contribution in [0.15, 0.2) is 9.41 Å². The molecule has 1 atom stereocenters. The van der Waals surface area contributed by atoms with Crippen LogP contribution in [0.3, 0.4) is 0 Å². The first-order valence-corrected chi connectivity index (χ1v) is 7.90. The molecule has 128 valence electrons. The summed E-state index contributed by atoms with van der Waals surface area (Å²) in [5.74, 6) is 3.08. The molecule has 1 heterocycles. The first-order chi connectivity index (χ1) is 9.92. The lowest BCUT2D eigenvalue weighted by molar-refractivity contribution is 0.470. The van der Waals surface area contributed by atoms with E-state index in [1.54, 1.807) is 0 Å². The molecule has 0 spiro atoms. The monoisotopic (exact) mass is 422 g/mol. The molecule has 0 saturated heterocycles. The molecule has 1 aromatic rings. The fourth-order valence-electron chi connectivity index (χ4n) is 1.96. The fraction of sp³-hybridized carbons (Fsp3) is 0.750. The molecule has 0 saturated carbocycles. The van der Waals surface area contributed by atoms with Crippen molar-refractivity contribution in [3.63, 3.8) is 0 Å². The Bertz CT molecular complexity index is 437. The van der Waals surface area contributed by atoms with E-state index in [1.165, 1.54) is 6.42 Å². The van der Waals surface area contributed by atoms with Crippen molar-refractivity contribution in [2.75, 3.05) is 6.54 Å². The van der Waals surface area contributed by atoms with Crippen molar-refractivity contribution in [2.45, 2.75) is 67.0 Å². The lowest BCUT2D eigenvalue weighted by Crippen LogP contribution is -2.42. The average Bonchev–Trinajstić information content (AvgIpc) is 2.73. The largest absolute Gasteiger partial charge is 0.444 e. The Kier molecular flexibility index (Phi) is 10.5. The minimum absolute atomic E-state index is 0. The van der Waals surface area contributed by atoms with Crippen LogP contribution in [-0.4, -0.2) is 23.5 Å². The topological polar surface area (TPSA) is 62.5 Å². The first kappa shape index (κ1) is 21.2. The molecule has 0 fully saturated rings. The van der Waals surface area contributed by atoms with Crippen molar-refractivity contribution in [3.8, 4) is 0 Å². The van der Waals surface area contributed by atoms with E-state index in [1.807, 2.05) is 13.8 Å². The number of rotatable bonds is 7. The van der Waals surface area contributed by atoms with Gasteiger partial charge in [-0.25, -0.2) is 9.98 Å². The van der Waals surface area contributed by atoms with Gasteiger partial charge in [0.1, 0.15) is 12.3 Å². The molecule has 1 aromatic heterocycles. The summed E-state index contributed by atoms with van der Waals surface area (Å²) in [7, 11) is 0. The van der Waals surface area contributed by atoms with Crippen molar-refractivity contribution >= 4 is 29.9 Å². The van der Waals surface area contributed by atoms with Gasteiger partial charge >= 0.3 is 0 Å². The molecule has 0 aliphatic heterocycles. The van der Waals surface area contributed by atoms with Crippen molar-refractivity contribution in [1.82, 2.24) is 15.6 Å². The molecule has 0 aliphatic rings. The molecule has 0 amide bonds. The zero-order valence-corrected chi connectivity index (χ0v) is 17.0. The molecule has 5 nitrogen and oxygen atoms in total. The maximum absolute atomic E-state index is 5.55. The van der Waals surface area contributed by atoms with Gasteiger partial charge in [-0.1, -0.05) is 13.8 Å². The van der Waals surface area contributed by atoms with Gasteiger partial charge in [-0.3, -0.25) is 0 Å². The van der Waals surface area contributed by atoms with Crippen LogP contribution < -0.4 is 10.6 Å². The highest BCUT2D eigenvalue weighted by molar-refractivity contribution is 14.0. The lowest BCUT2D eigenvalue weighted by atomic mass is 10.0. The van der Waals surface area contributed by atoms with E-state index in [4.69, 9.17) is 4.42 Å². The summed E-state index contributed by atoms with van der Waals surface area (Å²) >= 11 is 0. The minimum atomic E-state index is 0. The summed E-state index contributed by atoms with van der Waals surface area (Å²) in [5, 5.41) is 6.70. The predicted molar refractivity (Wildman–Crippen MR) is 103 cm³/mol. The van der Waals surface area contributed by atoms with Gasteiger partial charge in [0.25, 0.3) is 0 Å². The number of hydrogen-bond donors (Lipinski definition) is 2. The highest BCUT2D eigenvalue weighted by atomic mass is 127. The normalized spacial score (nSPS) is 13.0. The summed E-state index contributed by atoms with van der Waals surface area (Å²) in [6.45, 7) is 13.9. The van der Waals surface area contributed by atoms with Gasteiger partial charge in [-0.05, 0) is 46.5 Å². The molecule has 6 heteroatoms. The van der Waals surface area contributed by atoms with Gasteiger partial charge in [-0.2, -0.15) is 0 Å². The van der Waals surface area contributed by atoms with Gasteiger partial charge in [0, 0.05) is 12.6 Å². The van der Waals surface area contributed by atoms with Gasteiger partial charge in [0.15, 0.2) is 5.96 Å². The second-order valence-electron chi connectivity index (χ2n) is 5.96. The Balaban J connectivity index is 0.00000441. The highest BCUT2D eigenvalue weighted by Crippen LogP contribution is 2.09. The summed E-state index contributed by atoms with van der Waals surface area (Å²) < 4.78 is 5.55. The zero-order chi connectivity index (χ0) is 15.8. The summed E-state index contributed by atoms with van der Waals surface area (Å²) in [5.41, 5.74) is 0.934. The van der Waals surface area contributed by atoms with Crippen LogP contribution in [0, 0.1) is 19.8 Å². The molecule has 0 bridgehead atoms. The Hall–Kier alpha value is -0.790. The number of oxazole rings is 1. The van der Waals surface area contributed by atoms with Crippen molar-refractivity contribution in [2.24, 2.45) is 10.9 Å². The Morgan fingerprint density at radius 2 is 1.91 bits per heavy atom. The van der Waals surface area contributed by atoms with E-state index in [9.17, 15) is 0 Å². The quantitative estimate of drug-likeness (QED) is 0.399. The van der Waals surface area contributed by atoms with Crippen LogP contribution in [0.5, 0.6) is 0 Å². The van der Waals surface area contributed by atoms with Crippen molar-refractivity contribution in [1.29, 1.82) is 0 Å². The summed E-state index contributed by atoms with van der Waals surface area (Å²) in [6.07, 6.45) is 2.35. The van der Waals surface area contributed by atoms with Crippen LogP contribution in [0.4, 0.5) is 0 Å². The van der Waals surface area contributed by atoms with Gasteiger partial charge in [-0.15, -0.1) is 24.0 Å². The molecule has 0 radical (unpaired) electrons. The van der Waals surface area contributed by atoms with Gasteiger partial charge in [0.05, 0.1) is 5.69 Å². The number of aryl methyl sites for hydroxylation is 2. The minimum Gasteiger partial charge on any atom is -0.444 e. The molecule has 2 N–H and O–H groups in total. The van der Waals surface area contributed by atoms with Crippen molar-refractivity contribution in [3.05, 3.63) is 17.3 Å². The standard InChI is InChI=1S/C16H30N4O.HI/c1-7-17-16(19-12(4)9-8-11(2)3)18-10-15-20-13(5)14(6)21-15;/h11-12H,7-10H2,1-6H3,(H2,17,18,19);1H. The second kappa shape index (κ2) is 10.9.